The van der Waals surface area contributed by atoms with E-state index in [4.69, 9.17) is 5.11 Å². The fourth-order valence-electron chi connectivity index (χ4n) is 1.79. The molecule has 5 nitrogen and oxygen atoms in total. The molecule has 3 aromatic rings. The van der Waals surface area contributed by atoms with Gasteiger partial charge in [0.05, 0.1) is 5.69 Å². The molecule has 0 atom stereocenters. The molecule has 0 spiro atoms. The van der Waals surface area contributed by atoms with Crippen LogP contribution in [-0.4, -0.2) is 24.9 Å². The van der Waals surface area contributed by atoms with Crippen LogP contribution in [0.2, 0.25) is 0 Å². The van der Waals surface area contributed by atoms with E-state index in [1.54, 1.807) is 12.1 Å². The number of hydrogen-bond acceptors (Lipinski definition) is 4. The molecule has 1 N–H and O–H groups in total. The molecule has 0 amide bonds. The Morgan fingerprint density at radius 2 is 1.79 bits per heavy atom. The quantitative estimate of drug-likeness (QED) is 0.761. The van der Waals surface area contributed by atoms with E-state index in [-0.39, 0.29) is 12.4 Å². The highest BCUT2D eigenvalue weighted by molar-refractivity contribution is 5.60. The van der Waals surface area contributed by atoms with Gasteiger partial charge in [-0.2, -0.15) is 9.61 Å². The summed E-state index contributed by atoms with van der Waals surface area (Å²) in [5, 5.41) is 20.8. The summed E-state index contributed by atoms with van der Waals surface area (Å²) in [7, 11) is 0. The monoisotopic (exact) mass is 262 g/mol. The molecular weight excluding hydrogens is 254 g/mol. The van der Waals surface area contributed by atoms with Crippen molar-refractivity contribution in [3.05, 3.63) is 47.8 Å². The summed E-state index contributed by atoms with van der Waals surface area (Å²) >= 11 is 0. The highest BCUT2D eigenvalue weighted by Crippen LogP contribution is 2.20. The first-order chi connectivity index (χ1) is 9.17. The molecule has 0 aliphatic heterocycles. The average molecular weight is 262 g/mol. The van der Waals surface area contributed by atoms with Crippen LogP contribution in [0.25, 0.3) is 16.9 Å². The summed E-state index contributed by atoms with van der Waals surface area (Å²) in [6.45, 7) is -0.324. The lowest BCUT2D eigenvalue weighted by molar-refractivity contribution is 0.268. The van der Waals surface area contributed by atoms with Gasteiger partial charge in [0.25, 0.3) is 0 Å². The zero-order valence-corrected chi connectivity index (χ0v) is 9.59. The van der Waals surface area contributed by atoms with E-state index in [1.807, 2.05) is 0 Å². The summed E-state index contributed by atoms with van der Waals surface area (Å²) in [6, 6.07) is 6.34. The maximum atomic E-state index is 13.2. The number of hydrogen-bond donors (Lipinski definition) is 1. The predicted molar refractivity (Wildman–Crippen MR) is 62.1 cm³/mol. The van der Waals surface area contributed by atoms with Crippen molar-refractivity contribution < 1.29 is 13.9 Å². The fourth-order valence-corrected chi connectivity index (χ4v) is 1.79. The van der Waals surface area contributed by atoms with E-state index < -0.39 is 11.6 Å². The Labute approximate surface area is 106 Å². The maximum absolute atomic E-state index is 13.2. The van der Waals surface area contributed by atoms with Crippen LogP contribution in [0.15, 0.2) is 30.3 Å². The number of halogens is 2. The van der Waals surface area contributed by atoms with Crippen molar-refractivity contribution >= 4 is 5.65 Å². The van der Waals surface area contributed by atoms with Crippen LogP contribution in [0.4, 0.5) is 8.78 Å². The van der Waals surface area contributed by atoms with Crippen LogP contribution in [0.5, 0.6) is 0 Å². The fraction of sp³-hybridized carbons (Fsp3) is 0.0833. The predicted octanol–water partition coefficient (Wildman–Crippen LogP) is 1.56. The first-order valence-electron chi connectivity index (χ1n) is 5.46. The van der Waals surface area contributed by atoms with Crippen LogP contribution in [0, 0.1) is 11.6 Å². The summed E-state index contributed by atoms with van der Waals surface area (Å²) in [5.74, 6) is -1.10. The highest BCUT2D eigenvalue weighted by Gasteiger charge is 2.09. The first-order valence-corrected chi connectivity index (χ1v) is 5.46. The van der Waals surface area contributed by atoms with Gasteiger partial charge in [-0.1, -0.05) is 0 Å². The Morgan fingerprint density at radius 3 is 2.47 bits per heavy atom. The number of nitrogens with zero attached hydrogens (tertiary/aromatic N) is 4. The standard InChI is InChI=1S/C12H8F2N4O/c13-8-3-7(4-9(14)5-8)10-1-2-11-15-16-12(6-19)18(11)17-10/h1-5,19H,6H2. The van der Waals surface area contributed by atoms with Crippen LogP contribution < -0.4 is 0 Å². The lowest BCUT2D eigenvalue weighted by atomic mass is 10.1. The summed E-state index contributed by atoms with van der Waals surface area (Å²) in [6.07, 6.45) is 0. The number of aliphatic hydroxyl groups excluding tert-OH is 1. The molecule has 0 saturated carbocycles. The van der Waals surface area contributed by atoms with Gasteiger partial charge in [-0.15, -0.1) is 10.2 Å². The van der Waals surface area contributed by atoms with Gasteiger partial charge in [-0.05, 0) is 24.3 Å². The van der Waals surface area contributed by atoms with Crippen molar-refractivity contribution in [1.29, 1.82) is 0 Å². The van der Waals surface area contributed by atoms with E-state index in [2.05, 4.69) is 15.3 Å². The zero-order chi connectivity index (χ0) is 13.4. The van der Waals surface area contributed by atoms with E-state index in [9.17, 15) is 8.78 Å². The summed E-state index contributed by atoms with van der Waals surface area (Å²) in [4.78, 5) is 0. The van der Waals surface area contributed by atoms with Crippen molar-refractivity contribution in [2.24, 2.45) is 0 Å². The van der Waals surface area contributed by atoms with Gasteiger partial charge in [-0.3, -0.25) is 0 Å². The number of aliphatic hydroxyl groups is 1. The molecule has 2 aromatic heterocycles. The number of rotatable bonds is 2. The minimum atomic E-state index is -0.678. The van der Waals surface area contributed by atoms with Crippen molar-refractivity contribution in [3.8, 4) is 11.3 Å². The molecule has 7 heteroatoms. The number of aromatic nitrogens is 4. The van der Waals surface area contributed by atoms with Crippen LogP contribution >= 0.6 is 0 Å². The Kier molecular flexibility index (Phi) is 2.68. The van der Waals surface area contributed by atoms with Crippen molar-refractivity contribution in [2.75, 3.05) is 0 Å². The highest BCUT2D eigenvalue weighted by atomic mass is 19.1. The lowest BCUT2D eigenvalue weighted by Crippen LogP contribution is -2.00. The minimum Gasteiger partial charge on any atom is -0.388 e. The Balaban J connectivity index is 2.19. The molecule has 19 heavy (non-hydrogen) atoms. The van der Waals surface area contributed by atoms with Crippen LogP contribution in [0.3, 0.4) is 0 Å². The molecule has 0 unspecified atom stereocenters. The van der Waals surface area contributed by atoms with Crippen LogP contribution in [-0.2, 0) is 6.61 Å². The molecular formula is C12H8F2N4O. The molecule has 0 saturated heterocycles. The third-order valence-corrected chi connectivity index (χ3v) is 2.63. The van der Waals surface area contributed by atoms with Crippen molar-refractivity contribution in [3.63, 3.8) is 0 Å². The molecule has 3 rings (SSSR count). The van der Waals surface area contributed by atoms with Gasteiger partial charge in [0, 0.05) is 11.6 Å². The van der Waals surface area contributed by atoms with Gasteiger partial charge in [0.15, 0.2) is 11.5 Å². The molecule has 0 fully saturated rings. The van der Waals surface area contributed by atoms with Crippen LogP contribution in [0.1, 0.15) is 5.82 Å². The second kappa shape index (κ2) is 4.36. The summed E-state index contributed by atoms with van der Waals surface area (Å²) < 4.78 is 27.7. The Morgan fingerprint density at radius 1 is 1.05 bits per heavy atom. The van der Waals surface area contributed by atoms with E-state index in [1.165, 1.54) is 16.6 Å². The molecule has 2 heterocycles. The van der Waals surface area contributed by atoms with Gasteiger partial charge < -0.3 is 5.11 Å². The Bertz CT molecular complexity index is 736. The third kappa shape index (κ3) is 2.04. The van der Waals surface area contributed by atoms with E-state index in [0.29, 0.717) is 16.9 Å². The Hall–Kier alpha value is -2.41. The minimum absolute atomic E-state index is 0.258. The number of fused-ring (bicyclic) bond motifs is 1. The van der Waals surface area contributed by atoms with E-state index in [0.717, 1.165) is 6.07 Å². The average Bonchev–Trinajstić information content (AvgIpc) is 2.79. The topological polar surface area (TPSA) is 63.3 Å². The molecule has 0 radical (unpaired) electrons. The van der Waals surface area contributed by atoms with E-state index >= 15 is 0 Å². The van der Waals surface area contributed by atoms with Gasteiger partial charge in [0.2, 0.25) is 0 Å². The van der Waals surface area contributed by atoms with Gasteiger partial charge in [-0.25, -0.2) is 8.78 Å². The lowest BCUT2D eigenvalue weighted by Gasteiger charge is -2.03. The second-order valence-corrected chi connectivity index (χ2v) is 3.92. The van der Waals surface area contributed by atoms with Gasteiger partial charge >= 0.3 is 0 Å². The molecule has 96 valence electrons. The van der Waals surface area contributed by atoms with Gasteiger partial charge in [0.1, 0.15) is 18.2 Å². The third-order valence-electron chi connectivity index (χ3n) is 2.63. The van der Waals surface area contributed by atoms with Crippen molar-refractivity contribution in [1.82, 2.24) is 19.8 Å². The smallest absolute Gasteiger partial charge is 0.180 e. The number of benzene rings is 1. The molecule has 0 aliphatic rings. The largest absolute Gasteiger partial charge is 0.388 e. The second-order valence-electron chi connectivity index (χ2n) is 3.92. The molecule has 0 bridgehead atoms. The summed E-state index contributed by atoms with van der Waals surface area (Å²) in [5.41, 5.74) is 1.11. The molecule has 0 aliphatic carbocycles. The van der Waals surface area contributed by atoms with Crippen molar-refractivity contribution in [2.45, 2.75) is 6.61 Å². The first kappa shape index (κ1) is 11.7. The SMILES string of the molecule is OCc1nnc2ccc(-c3cc(F)cc(F)c3)nn12. The maximum Gasteiger partial charge on any atom is 0.180 e. The normalized spacial score (nSPS) is 11.1. The zero-order valence-electron chi connectivity index (χ0n) is 9.59. The molecule has 1 aromatic carbocycles.